The molecule has 1 aliphatic heterocycles. The van der Waals surface area contributed by atoms with Crippen LogP contribution in [0, 0.1) is 0 Å². The number of aliphatic hydroxyl groups excluding tert-OH is 1. The highest BCUT2D eigenvalue weighted by Crippen LogP contribution is 2.25. The van der Waals surface area contributed by atoms with E-state index in [1.807, 2.05) is 0 Å². The lowest BCUT2D eigenvalue weighted by atomic mass is 9.90. The zero-order chi connectivity index (χ0) is 18.7. The van der Waals surface area contributed by atoms with Crippen molar-refractivity contribution >= 4 is 12.0 Å². The highest BCUT2D eigenvalue weighted by molar-refractivity contribution is 5.90. The zero-order valence-electron chi connectivity index (χ0n) is 15.3. The van der Waals surface area contributed by atoms with Crippen molar-refractivity contribution in [3.63, 3.8) is 0 Å². The fourth-order valence-electron chi connectivity index (χ4n) is 2.80. The largest absolute Gasteiger partial charge is 0.444 e. The highest BCUT2D eigenvalue weighted by atomic mass is 16.6. The first-order chi connectivity index (χ1) is 11.6. The molecule has 7 nitrogen and oxygen atoms in total. The van der Waals surface area contributed by atoms with Crippen LogP contribution in [0.2, 0.25) is 0 Å². The van der Waals surface area contributed by atoms with Crippen LogP contribution in [0.15, 0.2) is 24.5 Å². The molecule has 0 bridgehead atoms. The number of alkyl carbamates (subject to hydrolysis) is 1. The summed E-state index contributed by atoms with van der Waals surface area (Å²) >= 11 is 0. The van der Waals surface area contributed by atoms with Crippen molar-refractivity contribution in [2.75, 3.05) is 13.1 Å². The Morgan fingerprint density at radius 1 is 1.28 bits per heavy atom. The van der Waals surface area contributed by atoms with Gasteiger partial charge in [0.2, 0.25) is 0 Å². The van der Waals surface area contributed by atoms with Crippen molar-refractivity contribution in [3.8, 4) is 0 Å². The second-order valence-corrected chi connectivity index (χ2v) is 7.52. The van der Waals surface area contributed by atoms with Gasteiger partial charge in [-0.1, -0.05) is 6.07 Å². The molecule has 0 aromatic carbocycles. The Kier molecular flexibility index (Phi) is 5.67. The van der Waals surface area contributed by atoms with Crippen molar-refractivity contribution in [2.45, 2.75) is 57.8 Å². The normalized spacial score (nSPS) is 18.4. The first-order valence-corrected chi connectivity index (χ1v) is 8.51. The van der Waals surface area contributed by atoms with Crippen molar-refractivity contribution in [1.82, 2.24) is 15.2 Å². The van der Waals surface area contributed by atoms with Gasteiger partial charge >= 0.3 is 6.09 Å². The van der Waals surface area contributed by atoms with E-state index in [9.17, 15) is 14.7 Å². The predicted octanol–water partition coefficient (Wildman–Crippen LogP) is 1.80. The predicted molar refractivity (Wildman–Crippen MR) is 92.8 cm³/mol. The van der Waals surface area contributed by atoms with Crippen LogP contribution in [0.3, 0.4) is 0 Å². The van der Waals surface area contributed by atoms with Gasteiger partial charge in [0.25, 0.3) is 5.91 Å². The van der Waals surface area contributed by atoms with Crippen LogP contribution in [0.1, 0.15) is 46.1 Å². The average molecular weight is 349 g/mol. The van der Waals surface area contributed by atoms with Gasteiger partial charge in [0.05, 0.1) is 6.10 Å². The van der Waals surface area contributed by atoms with E-state index < -0.39 is 17.2 Å². The molecular weight excluding hydrogens is 322 g/mol. The number of likely N-dealkylation sites (tertiary alicyclic amines) is 1. The highest BCUT2D eigenvalue weighted by Gasteiger charge is 2.42. The number of carbonyl (C=O) groups excluding carboxylic acids is 2. The fourth-order valence-corrected chi connectivity index (χ4v) is 2.80. The van der Waals surface area contributed by atoms with Crippen molar-refractivity contribution in [1.29, 1.82) is 0 Å². The number of aliphatic hydroxyl groups is 1. The van der Waals surface area contributed by atoms with Crippen LogP contribution in [-0.2, 0) is 15.1 Å². The minimum Gasteiger partial charge on any atom is -0.444 e. The fraction of sp³-hybridized carbons (Fsp3) is 0.611. The number of carbonyl (C=O) groups is 2. The maximum absolute atomic E-state index is 13.2. The van der Waals surface area contributed by atoms with Crippen molar-refractivity contribution in [2.24, 2.45) is 0 Å². The Bertz CT molecular complexity index is 606. The molecule has 1 saturated heterocycles. The van der Waals surface area contributed by atoms with Gasteiger partial charge in [-0.3, -0.25) is 9.78 Å². The van der Waals surface area contributed by atoms with E-state index in [0.29, 0.717) is 31.5 Å². The molecule has 2 N–H and O–H groups in total. The minimum atomic E-state index is -1.29. The third kappa shape index (κ3) is 4.92. The molecule has 25 heavy (non-hydrogen) atoms. The molecule has 1 fully saturated rings. The van der Waals surface area contributed by atoms with Crippen molar-refractivity contribution in [3.05, 3.63) is 30.1 Å². The third-order valence-electron chi connectivity index (χ3n) is 4.17. The molecule has 1 aliphatic rings. The molecule has 0 spiro atoms. The summed E-state index contributed by atoms with van der Waals surface area (Å²) in [7, 11) is 0. The molecular formula is C18H27N3O4. The number of nitrogens with one attached hydrogen (secondary N) is 1. The molecule has 0 saturated carbocycles. The Labute approximate surface area is 148 Å². The van der Waals surface area contributed by atoms with E-state index in [4.69, 9.17) is 4.74 Å². The van der Waals surface area contributed by atoms with Gasteiger partial charge < -0.3 is 20.1 Å². The van der Waals surface area contributed by atoms with Gasteiger partial charge in [-0.25, -0.2) is 4.79 Å². The third-order valence-corrected chi connectivity index (χ3v) is 4.17. The van der Waals surface area contributed by atoms with Crippen LogP contribution >= 0.6 is 0 Å². The summed E-state index contributed by atoms with van der Waals surface area (Å²) in [6, 6.07) is 3.47. The standard InChI is InChI=1S/C18H27N3O4/c1-17(2,3)25-16(24)20-18(4,13-6-5-9-19-12-13)15(23)21-10-7-14(22)8-11-21/h5-6,9,12,14,22H,7-8,10-11H2,1-4H3,(H,20,24)/t18-/m0/s1. The molecule has 2 rings (SSSR count). The van der Waals surface area contributed by atoms with Crippen LogP contribution in [-0.4, -0.2) is 51.8 Å². The second kappa shape index (κ2) is 7.39. The molecule has 0 aliphatic carbocycles. The quantitative estimate of drug-likeness (QED) is 0.868. The van der Waals surface area contributed by atoms with Gasteiger partial charge in [-0.05, 0) is 46.6 Å². The Morgan fingerprint density at radius 3 is 2.44 bits per heavy atom. The molecule has 0 unspecified atom stereocenters. The van der Waals surface area contributed by atoms with Crippen LogP contribution in [0.5, 0.6) is 0 Å². The number of hydrogen-bond acceptors (Lipinski definition) is 5. The summed E-state index contributed by atoms with van der Waals surface area (Å²) < 4.78 is 5.33. The van der Waals surface area contributed by atoms with Gasteiger partial charge in [-0.2, -0.15) is 0 Å². The monoisotopic (exact) mass is 349 g/mol. The van der Waals surface area contributed by atoms with E-state index in [1.165, 1.54) is 0 Å². The van der Waals surface area contributed by atoms with E-state index in [1.54, 1.807) is 57.1 Å². The molecule has 2 heterocycles. The summed E-state index contributed by atoms with van der Waals surface area (Å²) in [5.74, 6) is -0.238. The summed E-state index contributed by atoms with van der Waals surface area (Å²) in [5, 5.41) is 12.4. The van der Waals surface area contributed by atoms with Gasteiger partial charge in [0.15, 0.2) is 0 Å². The number of rotatable bonds is 3. The zero-order valence-corrected chi connectivity index (χ0v) is 15.3. The van der Waals surface area contributed by atoms with Crippen LogP contribution in [0.25, 0.3) is 0 Å². The molecule has 1 aromatic heterocycles. The van der Waals surface area contributed by atoms with Crippen LogP contribution in [0.4, 0.5) is 4.79 Å². The van der Waals surface area contributed by atoms with Gasteiger partial charge in [0, 0.05) is 31.0 Å². The lowest BCUT2D eigenvalue weighted by molar-refractivity contribution is -0.140. The average Bonchev–Trinajstić information content (AvgIpc) is 2.53. The summed E-state index contributed by atoms with van der Waals surface area (Å²) in [5.41, 5.74) is -1.38. The number of piperidine rings is 1. The molecule has 7 heteroatoms. The Morgan fingerprint density at radius 2 is 1.92 bits per heavy atom. The topological polar surface area (TPSA) is 91.8 Å². The van der Waals surface area contributed by atoms with E-state index in [2.05, 4.69) is 10.3 Å². The molecule has 0 radical (unpaired) electrons. The lowest BCUT2D eigenvalue weighted by Crippen LogP contribution is -2.57. The summed E-state index contributed by atoms with van der Waals surface area (Å²) in [6.07, 6.45) is 3.19. The first-order valence-electron chi connectivity index (χ1n) is 8.51. The molecule has 138 valence electrons. The SMILES string of the molecule is CC(C)(C)OC(=O)N[C@](C)(C(=O)N1CCC(O)CC1)c1cccnc1. The van der Waals surface area contributed by atoms with E-state index >= 15 is 0 Å². The molecule has 1 atom stereocenters. The number of amides is 2. The maximum atomic E-state index is 13.2. The number of aromatic nitrogens is 1. The smallest absolute Gasteiger partial charge is 0.408 e. The number of pyridine rings is 1. The van der Waals surface area contributed by atoms with E-state index in [-0.39, 0.29) is 12.0 Å². The number of nitrogens with zero attached hydrogens (tertiary/aromatic N) is 2. The maximum Gasteiger partial charge on any atom is 0.408 e. The molecule has 1 aromatic rings. The Hall–Kier alpha value is -2.15. The first kappa shape index (κ1) is 19.2. The lowest BCUT2D eigenvalue weighted by Gasteiger charge is -2.38. The number of ether oxygens (including phenoxy) is 1. The Balaban J connectivity index is 2.26. The van der Waals surface area contributed by atoms with E-state index in [0.717, 1.165) is 0 Å². The van der Waals surface area contributed by atoms with Crippen molar-refractivity contribution < 1.29 is 19.4 Å². The molecule has 2 amide bonds. The second-order valence-electron chi connectivity index (χ2n) is 7.52. The van der Waals surface area contributed by atoms with Gasteiger partial charge in [0.1, 0.15) is 11.1 Å². The minimum absolute atomic E-state index is 0.238. The van der Waals surface area contributed by atoms with Gasteiger partial charge in [-0.15, -0.1) is 0 Å². The summed E-state index contributed by atoms with van der Waals surface area (Å²) in [4.78, 5) is 31.2. The summed E-state index contributed by atoms with van der Waals surface area (Å²) in [6.45, 7) is 7.85. The van der Waals surface area contributed by atoms with Crippen LogP contribution < -0.4 is 5.32 Å². The number of hydrogen-bond donors (Lipinski definition) is 2.